The molecule has 1 fully saturated rings. The van der Waals surface area contributed by atoms with Gasteiger partial charge in [-0.3, -0.25) is 4.79 Å². The number of furan rings is 1. The lowest BCUT2D eigenvalue weighted by Gasteiger charge is -2.49. The predicted octanol–water partition coefficient (Wildman–Crippen LogP) is 2.83. The van der Waals surface area contributed by atoms with Crippen molar-refractivity contribution < 1.29 is 27.5 Å². The Morgan fingerprint density at radius 3 is 2.55 bits per heavy atom. The third-order valence-corrected chi connectivity index (χ3v) is 4.24. The van der Waals surface area contributed by atoms with Gasteiger partial charge >= 0.3 is 12.1 Å². The zero-order chi connectivity index (χ0) is 15.0. The van der Waals surface area contributed by atoms with E-state index in [1.54, 1.807) is 0 Å². The fourth-order valence-corrected chi connectivity index (χ4v) is 3.23. The lowest BCUT2D eigenvalue weighted by atomic mass is 9.57. The first-order valence-corrected chi connectivity index (χ1v) is 6.33. The van der Waals surface area contributed by atoms with E-state index in [4.69, 9.17) is 10.2 Å². The highest BCUT2D eigenvalue weighted by atomic mass is 19.4. The van der Waals surface area contributed by atoms with E-state index in [0.717, 1.165) is 0 Å². The van der Waals surface area contributed by atoms with Crippen molar-refractivity contribution in [3.05, 3.63) is 24.2 Å². The Labute approximate surface area is 113 Å². The third kappa shape index (κ3) is 2.30. The maximum Gasteiger partial charge on any atom is 0.390 e. The molecule has 0 amide bonds. The van der Waals surface area contributed by atoms with Crippen molar-refractivity contribution >= 4 is 5.97 Å². The Morgan fingerprint density at radius 2 is 2.05 bits per heavy atom. The van der Waals surface area contributed by atoms with Crippen LogP contribution in [0.4, 0.5) is 13.2 Å². The Hall–Kier alpha value is -1.50. The highest BCUT2D eigenvalue weighted by molar-refractivity contribution is 5.81. The summed E-state index contributed by atoms with van der Waals surface area (Å²) in [6.45, 7) is 0. The first-order chi connectivity index (χ1) is 9.21. The SMILES string of the molecule is NC1(C(=O)O)CCCCC1(CC(F)(F)F)c1ccoc1. The summed E-state index contributed by atoms with van der Waals surface area (Å²) in [5, 5.41) is 9.41. The van der Waals surface area contributed by atoms with Crippen LogP contribution >= 0.6 is 0 Å². The van der Waals surface area contributed by atoms with Crippen LogP contribution in [0.3, 0.4) is 0 Å². The largest absolute Gasteiger partial charge is 0.480 e. The quantitative estimate of drug-likeness (QED) is 0.897. The fourth-order valence-electron chi connectivity index (χ4n) is 3.23. The van der Waals surface area contributed by atoms with Gasteiger partial charge in [-0.15, -0.1) is 0 Å². The Bertz CT molecular complexity index is 486. The van der Waals surface area contributed by atoms with Crippen LogP contribution in [0.25, 0.3) is 0 Å². The van der Waals surface area contributed by atoms with Crippen LogP contribution in [-0.2, 0) is 10.2 Å². The highest BCUT2D eigenvalue weighted by Crippen LogP contribution is 2.51. The van der Waals surface area contributed by atoms with Gasteiger partial charge in [0.1, 0.15) is 5.54 Å². The predicted molar refractivity (Wildman–Crippen MR) is 64.1 cm³/mol. The van der Waals surface area contributed by atoms with Crippen molar-refractivity contribution in [1.82, 2.24) is 0 Å². The minimum Gasteiger partial charge on any atom is -0.480 e. The molecule has 1 aromatic heterocycles. The fraction of sp³-hybridized carbons (Fsp3) is 0.615. The molecule has 0 spiro atoms. The lowest BCUT2D eigenvalue weighted by molar-refractivity contribution is -0.169. The molecule has 1 aliphatic rings. The lowest BCUT2D eigenvalue weighted by Crippen LogP contribution is -2.66. The van der Waals surface area contributed by atoms with Crippen molar-refractivity contribution in [2.24, 2.45) is 5.73 Å². The summed E-state index contributed by atoms with van der Waals surface area (Å²) in [5.41, 5.74) is 2.53. The molecule has 1 saturated carbocycles. The Kier molecular flexibility index (Phi) is 3.58. The van der Waals surface area contributed by atoms with Crippen molar-refractivity contribution in [2.45, 2.75) is 49.2 Å². The second kappa shape index (κ2) is 4.80. The second-order valence-corrected chi connectivity index (χ2v) is 5.37. The maximum absolute atomic E-state index is 13.0. The van der Waals surface area contributed by atoms with Crippen molar-refractivity contribution in [3.8, 4) is 0 Å². The Balaban J connectivity index is 2.57. The van der Waals surface area contributed by atoms with Gasteiger partial charge in [-0.1, -0.05) is 12.8 Å². The van der Waals surface area contributed by atoms with Crippen molar-refractivity contribution in [2.75, 3.05) is 0 Å². The van der Waals surface area contributed by atoms with Crippen LogP contribution < -0.4 is 5.73 Å². The molecule has 20 heavy (non-hydrogen) atoms. The molecule has 2 unspecified atom stereocenters. The van der Waals surface area contributed by atoms with E-state index in [9.17, 15) is 23.1 Å². The number of carboxylic acids is 1. The number of nitrogens with two attached hydrogens (primary N) is 1. The maximum atomic E-state index is 13.0. The molecule has 2 atom stereocenters. The number of halogens is 3. The molecular formula is C13H16F3NO3. The highest BCUT2D eigenvalue weighted by Gasteiger charge is 2.60. The molecule has 0 saturated heterocycles. The number of hydrogen-bond donors (Lipinski definition) is 2. The molecule has 1 aromatic rings. The van der Waals surface area contributed by atoms with E-state index in [1.165, 1.54) is 18.6 Å². The smallest absolute Gasteiger partial charge is 0.390 e. The van der Waals surface area contributed by atoms with E-state index in [0.29, 0.717) is 12.8 Å². The van der Waals surface area contributed by atoms with Crippen LogP contribution in [0.15, 0.2) is 23.0 Å². The second-order valence-electron chi connectivity index (χ2n) is 5.37. The van der Waals surface area contributed by atoms with Gasteiger partial charge in [0.2, 0.25) is 0 Å². The zero-order valence-electron chi connectivity index (χ0n) is 10.7. The first kappa shape index (κ1) is 14.9. The van der Waals surface area contributed by atoms with E-state index in [1.807, 2.05) is 0 Å². The molecule has 1 aliphatic carbocycles. The van der Waals surface area contributed by atoms with Crippen LogP contribution in [-0.4, -0.2) is 22.8 Å². The van der Waals surface area contributed by atoms with E-state index in [-0.39, 0.29) is 18.4 Å². The normalized spacial score (nSPS) is 31.2. The zero-order valence-corrected chi connectivity index (χ0v) is 10.7. The summed E-state index contributed by atoms with van der Waals surface area (Å²) in [7, 11) is 0. The van der Waals surface area contributed by atoms with E-state index < -0.39 is 29.5 Å². The first-order valence-electron chi connectivity index (χ1n) is 6.33. The molecule has 0 bridgehead atoms. The topological polar surface area (TPSA) is 76.5 Å². The number of alkyl halides is 3. The molecule has 2 rings (SSSR count). The standard InChI is InChI=1S/C13H16F3NO3/c14-13(15,16)8-11(9-3-6-20-7-9)4-1-2-5-12(11,17)10(18)19/h3,6-7H,1-2,4-5,8,17H2,(H,18,19). The van der Waals surface area contributed by atoms with Crippen LogP contribution in [0.5, 0.6) is 0 Å². The number of hydrogen-bond acceptors (Lipinski definition) is 3. The average molecular weight is 291 g/mol. The van der Waals surface area contributed by atoms with Gasteiger partial charge in [-0.05, 0) is 24.5 Å². The molecular weight excluding hydrogens is 275 g/mol. The number of rotatable bonds is 3. The minimum absolute atomic E-state index is 0.0175. The van der Waals surface area contributed by atoms with Gasteiger partial charge in [0, 0.05) is 5.41 Å². The monoisotopic (exact) mass is 291 g/mol. The average Bonchev–Trinajstić information content (AvgIpc) is 2.84. The van der Waals surface area contributed by atoms with Crippen molar-refractivity contribution in [1.29, 1.82) is 0 Å². The molecule has 0 radical (unpaired) electrons. The summed E-state index contributed by atoms with van der Waals surface area (Å²) < 4.78 is 43.9. The van der Waals surface area contributed by atoms with Crippen molar-refractivity contribution in [3.63, 3.8) is 0 Å². The third-order valence-electron chi connectivity index (χ3n) is 4.24. The van der Waals surface area contributed by atoms with Gasteiger partial charge in [0.15, 0.2) is 0 Å². The molecule has 4 nitrogen and oxygen atoms in total. The molecule has 0 aliphatic heterocycles. The molecule has 3 N–H and O–H groups in total. The summed E-state index contributed by atoms with van der Waals surface area (Å²) in [6.07, 6.45) is -2.25. The van der Waals surface area contributed by atoms with E-state index >= 15 is 0 Å². The summed E-state index contributed by atoms with van der Waals surface area (Å²) in [6, 6.07) is 1.38. The molecule has 112 valence electrons. The minimum atomic E-state index is -4.51. The van der Waals surface area contributed by atoms with Gasteiger partial charge < -0.3 is 15.3 Å². The van der Waals surface area contributed by atoms with Gasteiger partial charge in [-0.2, -0.15) is 13.2 Å². The summed E-state index contributed by atoms with van der Waals surface area (Å²) in [5.74, 6) is -1.40. The number of carboxylic acid groups (broad SMARTS) is 1. The van der Waals surface area contributed by atoms with Crippen LogP contribution in [0.2, 0.25) is 0 Å². The van der Waals surface area contributed by atoms with Crippen LogP contribution in [0.1, 0.15) is 37.7 Å². The number of carbonyl (C=O) groups is 1. The van der Waals surface area contributed by atoms with Gasteiger partial charge in [0.25, 0.3) is 0 Å². The Morgan fingerprint density at radius 1 is 1.40 bits per heavy atom. The van der Waals surface area contributed by atoms with Gasteiger partial charge in [0.05, 0.1) is 18.9 Å². The van der Waals surface area contributed by atoms with Gasteiger partial charge in [-0.25, -0.2) is 0 Å². The summed E-state index contributed by atoms with van der Waals surface area (Å²) >= 11 is 0. The van der Waals surface area contributed by atoms with E-state index in [2.05, 4.69) is 0 Å². The molecule has 7 heteroatoms. The molecule has 0 aromatic carbocycles. The van der Waals surface area contributed by atoms with Crippen LogP contribution in [0, 0.1) is 0 Å². The molecule has 1 heterocycles. The summed E-state index contributed by atoms with van der Waals surface area (Å²) in [4.78, 5) is 11.5. The number of aliphatic carboxylic acids is 1.